The molecule has 3 aromatic rings. The lowest BCUT2D eigenvalue weighted by molar-refractivity contribution is 0.0953. The second-order valence-corrected chi connectivity index (χ2v) is 7.96. The van der Waals surface area contributed by atoms with Crippen LogP contribution in [0.15, 0.2) is 63.7 Å². The Balaban J connectivity index is 1.48. The fraction of sp³-hybridized carbons (Fsp3) is 0.150. The van der Waals surface area contributed by atoms with Crippen molar-refractivity contribution in [2.24, 2.45) is 0 Å². The number of nitrogen functional groups attached to an aromatic ring is 1. The summed E-state index contributed by atoms with van der Waals surface area (Å²) in [5.74, 6) is 1.04. The topological polar surface area (TPSA) is 105 Å². The van der Waals surface area contributed by atoms with E-state index in [1.54, 1.807) is 18.3 Å². The van der Waals surface area contributed by atoms with Crippen LogP contribution in [0.1, 0.15) is 16.8 Å². The van der Waals surface area contributed by atoms with Gasteiger partial charge in [0.15, 0.2) is 0 Å². The van der Waals surface area contributed by atoms with Crippen molar-refractivity contribution in [1.29, 1.82) is 0 Å². The van der Waals surface area contributed by atoms with Crippen LogP contribution >= 0.6 is 31.9 Å². The van der Waals surface area contributed by atoms with E-state index in [9.17, 15) is 4.79 Å². The molecule has 0 atom stereocenters. The molecule has 0 fully saturated rings. The Hall–Kier alpha value is -2.65. The monoisotopic (exact) mass is 518 g/mol. The molecule has 1 aromatic heterocycles. The Morgan fingerprint density at radius 2 is 1.90 bits per heavy atom. The average Bonchev–Trinajstić information content (AvgIpc) is 2.70. The molecule has 1 heterocycles. The number of nitrogens with one attached hydrogen (secondary N) is 3. The highest BCUT2D eigenvalue weighted by Crippen LogP contribution is 2.22. The summed E-state index contributed by atoms with van der Waals surface area (Å²) < 4.78 is 1.64. The lowest BCUT2D eigenvalue weighted by atomic mass is 10.2. The smallest absolute Gasteiger partial charge is 0.251 e. The van der Waals surface area contributed by atoms with Crippen LogP contribution in [0.3, 0.4) is 0 Å². The normalized spacial score (nSPS) is 10.4. The lowest BCUT2D eigenvalue weighted by Gasteiger charge is -2.11. The van der Waals surface area contributed by atoms with Crippen LogP contribution in [-0.4, -0.2) is 29.0 Å². The summed E-state index contributed by atoms with van der Waals surface area (Å²) in [6.45, 7) is 1.20. The van der Waals surface area contributed by atoms with Gasteiger partial charge in [0.2, 0.25) is 5.95 Å². The molecule has 5 N–H and O–H groups in total. The first kappa shape index (κ1) is 21.1. The number of halogens is 2. The van der Waals surface area contributed by atoms with E-state index < -0.39 is 0 Å². The first-order valence-corrected chi connectivity index (χ1v) is 10.5. The number of aromatic nitrogens is 2. The van der Waals surface area contributed by atoms with Crippen molar-refractivity contribution in [3.63, 3.8) is 0 Å². The minimum absolute atomic E-state index is 0.0943. The van der Waals surface area contributed by atoms with E-state index >= 15 is 0 Å². The number of anilines is 4. The maximum absolute atomic E-state index is 12.1. The second kappa shape index (κ2) is 10.2. The molecule has 0 aliphatic rings. The fourth-order valence-electron chi connectivity index (χ4n) is 2.53. The number of nitrogens with zero attached hydrogens (tertiary/aromatic N) is 2. The molecule has 0 saturated heterocycles. The van der Waals surface area contributed by atoms with Crippen molar-refractivity contribution in [2.45, 2.75) is 6.42 Å². The summed E-state index contributed by atoms with van der Waals surface area (Å²) in [7, 11) is 0. The Labute approximate surface area is 185 Å². The fourth-order valence-corrected chi connectivity index (χ4v) is 3.26. The van der Waals surface area contributed by atoms with Crippen LogP contribution in [0.4, 0.5) is 23.1 Å². The Morgan fingerprint density at radius 3 is 2.69 bits per heavy atom. The number of benzene rings is 2. The van der Waals surface area contributed by atoms with Crippen LogP contribution in [0.5, 0.6) is 0 Å². The quantitative estimate of drug-likeness (QED) is 0.257. The van der Waals surface area contributed by atoms with Gasteiger partial charge < -0.3 is 21.7 Å². The summed E-state index contributed by atoms with van der Waals surface area (Å²) in [4.78, 5) is 20.9. The first-order chi connectivity index (χ1) is 14.0. The molecule has 0 bridgehead atoms. The number of carbonyl (C=O) groups is 1. The molecule has 2 aromatic carbocycles. The van der Waals surface area contributed by atoms with Crippen LogP contribution in [0.25, 0.3) is 0 Å². The van der Waals surface area contributed by atoms with Gasteiger partial charge in [0, 0.05) is 40.7 Å². The van der Waals surface area contributed by atoms with Crippen LogP contribution < -0.4 is 21.7 Å². The van der Waals surface area contributed by atoms with Gasteiger partial charge in [0.25, 0.3) is 5.91 Å². The third kappa shape index (κ3) is 6.43. The molecule has 3 rings (SSSR count). The van der Waals surface area contributed by atoms with Crippen molar-refractivity contribution in [3.8, 4) is 0 Å². The van der Waals surface area contributed by atoms with Gasteiger partial charge in [-0.05, 0) is 58.7 Å². The minimum atomic E-state index is -0.0943. The standard InChI is InChI=1S/C20H20Br2N6O/c21-14-5-1-4-13(10-14)19(29)25-9-3-8-24-18-17(22)12-26-20(28-18)27-16-7-2-6-15(23)11-16/h1-2,4-7,10-12H,3,8-9,23H2,(H,25,29)(H2,24,26,27,28). The Bertz CT molecular complexity index is 998. The zero-order valence-electron chi connectivity index (χ0n) is 15.5. The predicted octanol–water partition coefficient (Wildman–Crippen LogP) is 4.56. The molecule has 0 spiro atoms. The van der Waals surface area contributed by atoms with E-state index in [4.69, 9.17) is 5.73 Å². The van der Waals surface area contributed by atoms with Crippen LogP contribution in [-0.2, 0) is 0 Å². The van der Waals surface area contributed by atoms with Gasteiger partial charge in [-0.3, -0.25) is 4.79 Å². The summed E-state index contributed by atoms with van der Waals surface area (Å²) >= 11 is 6.82. The molecule has 7 nitrogen and oxygen atoms in total. The first-order valence-electron chi connectivity index (χ1n) is 8.94. The number of amides is 1. The number of hydrogen-bond donors (Lipinski definition) is 4. The molecule has 1 amide bonds. The highest BCUT2D eigenvalue weighted by atomic mass is 79.9. The molecule has 9 heteroatoms. The minimum Gasteiger partial charge on any atom is -0.399 e. The number of hydrogen-bond acceptors (Lipinski definition) is 6. The van der Waals surface area contributed by atoms with Gasteiger partial charge >= 0.3 is 0 Å². The summed E-state index contributed by atoms with van der Waals surface area (Å²) in [6, 6.07) is 14.7. The maximum Gasteiger partial charge on any atom is 0.251 e. The molecule has 29 heavy (non-hydrogen) atoms. The van der Waals surface area contributed by atoms with Gasteiger partial charge in [-0.15, -0.1) is 0 Å². The van der Waals surface area contributed by atoms with Gasteiger partial charge in [0.1, 0.15) is 5.82 Å². The van der Waals surface area contributed by atoms with Crippen molar-refractivity contribution in [1.82, 2.24) is 15.3 Å². The van der Waals surface area contributed by atoms with E-state index in [-0.39, 0.29) is 5.91 Å². The molecular formula is C20H20Br2N6O. The zero-order chi connectivity index (χ0) is 20.6. The zero-order valence-corrected chi connectivity index (χ0v) is 18.6. The largest absolute Gasteiger partial charge is 0.399 e. The highest BCUT2D eigenvalue weighted by molar-refractivity contribution is 9.10. The van der Waals surface area contributed by atoms with E-state index in [0.29, 0.717) is 36.1 Å². The third-order valence-corrected chi connectivity index (χ3v) is 4.98. The molecule has 0 radical (unpaired) electrons. The second-order valence-electron chi connectivity index (χ2n) is 6.19. The summed E-state index contributed by atoms with van der Waals surface area (Å²) in [5, 5.41) is 9.29. The lowest BCUT2D eigenvalue weighted by Crippen LogP contribution is -2.25. The highest BCUT2D eigenvalue weighted by Gasteiger charge is 2.07. The van der Waals surface area contributed by atoms with Crippen molar-refractivity contribution < 1.29 is 4.79 Å². The Morgan fingerprint density at radius 1 is 1.07 bits per heavy atom. The molecule has 0 unspecified atom stereocenters. The van der Waals surface area contributed by atoms with E-state index in [1.807, 2.05) is 36.4 Å². The van der Waals surface area contributed by atoms with Gasteiger partial charge in [0.05, 0.1) is 4.47 Å². The summed E-state index contributed by atoms with van der Waals surface area (Å²) in [5.41, 5.74) is 7.90. The van der Waals surface area contributed by atoms with Gasteiger partial charge in [-0.25, -0.2) is 4.98 Å². The summed E-state index contributed by atoms with van der Waals surface area (Å²) in [6.07, 6.45) is 2.42. The molecule has 150 valence electrons. The van der Waals surface area contributed by atoms with Crippen LogP contribution in [0, 0.1) is 0 Å². The Kier molecular flexibility index (Phi) is 7.42. The predicted molar refractivity (Wildman–Crippen MR) is 123 cm³/mol. The SMILES string of the molecule is Nc1cccc(Nc2ncc(Br)c(NCCCNC(=O)c3cccc(Br)c3)n2)c1. The molecule has 0 aliphatic carbocycles. The van der Waals surface area contributed by atoms with Crippen molar-refractivity contribution >= 4 is 60.9 Å². The third-order valence-electron chi connectivity index (χ3n) is 3.91. The van der Waals surface area contributed by atoms with E-state index in [0.717, 1.165) is 21.1 Å². The van der Waals surface area contributed by atoms with E-state index in [1.165, 1.54) is 0 Å². The van der Waals surface area contributed by atoms with E-state index in [2.05, 4.69) is 57.8 Å². The maximum atomic E-state index is 12.1. The number of carbonyl (C=O) groups excluding carboxylic acids is 1. The van der Waals surface area contributed by atoms with Crippen molar-refractivity contribution in [3.05, 3.63) is 69.2 Å². The average molecular weight is 520 g/mol. The molecule has 0 aliphatic heterocycles. The molecule has 0 saturated carbocycles. The number of nitrogens with two attached hydrogens (primary N) is 1. The van der Waals surface area contributed by atoms with Gasteiger partial charge in [-0.2, -0.15) is 4.98 Å². The van der Waals surface area contributed by atoms with Crippen LogP contribution in [0.2, 0.25) is 0 Å². The van der Waals surface area contributed by atoms with Crippen molar-refractivity contribution in [2.75, 3.05) is 29.5 Å². The molecular weight excluding hydrogens is 500 g/mol. The number of rotatable bonds is 8. The van der Waals surface area contributed by atoms with Gasteiger partial charge in [-0.1, -0.05) is 28.1 Å².